The van der Waals surface area contributed by atoms with Crippen LogP contribution in [-0.2, 0) is 9.53 Å². The molecule has 0 radical (unpaired) electrons. The van der Waals surface area contributed by atoms with Crippen molar-refractivity contribution in [3.05, 3.63) is 24.5 Å². The minimum absolute atomic E-state index is 0.122. The molecule has 1 aliphatic heterocycles. The molecular formula is C16H23N3O2. The molecule has 2 aliphatic rings. The molecule has 5 nitrogen and oxygen atoms in total. The van der Waals surface area contributed by atoms with Crippen molar-refractivity contribution in [1.82, 2.24) is 10.3 Å². The maximum atomic E-state index is 11.7. The van der Waals surface area contributed by atoms with Crippen LogP contribution in [-0.4, -0.2) is 43.2 Å². The predicted octanol–water partition coefficient (Wildman–Crippen LogP) is 1.59. The molecule has 1 N–H and O–H groups in total. The Morgan fingerprint density at radius 2 is 2.14 bits per heavy atom. The Balaban J connectivity index is 1.42. The molecule has 1 atom stereocenters. The van der Waals surface area contributed by atoms with Crippen LogP contribution in [0.3, 0.4) is 0 Å². The first kappa shape index (κ1) is 14.3. The first-order valence-electron chi connectivity index (χ1n) is 7.85. The highest BCUT2D eigenvalue weighted by molar-refractivity contribution is 5.71. The van der Waals surface area contributed by atoms with E-state index in [-0.39, 0.29) is 5.97 Å². The van der Waals surface area contributed by atoms with Crippen LogP contribution in [0.15, 0.2) is 24.5 Å². The van der Waals surface area contributed by atoms with E-state index in [4.69, 9.17) is 4.74 Å². The number of hydrogen-bond donors (Lipinski definition) is 1. The third kappa shape index (κ3) is 4.43. The lowest BCUT2D eigenvalue weighted by Gasteiger charge is -2.34. The molecule has 3 rings (SSSR count). The lowest BCUT2D eigenvalue weighted by atomic mass is 9.98. The molecule has 21 heavy (non-hydrogen) atoms. The number of piperidine rings is 1. The van der Waals surface area contributed by atoms with E-state index in [0.717, 1.165) is 25.9 Å². The number of carbonyl (C=O) groups excluding carboxylic acids is 1. The Hall–Kier alpha value is -1.62. The Bertz CT molecular complexity index is 462. The lowest BCUT2D eigenvalue weighted by molar-refractivity contribution is -0.144. The van der Waals surface area contributed by atoms with Gasteiger partial charge in [0.15, 0.2) is 0 Å². The molecule has 1 aromatic heterocycles. The van der Waals surface area contributed by atoms with Gasteiger partial charge in [0.1, 0.15) is 0 Å². The summed E-state index contributed by atoms with van der Waals surface area (Å²) in [7, 11) is 0. The maximum Gasteiger partial charge on any atom is 0.319 e. The van der Waals surface area contributed by atoms with Gasteiger partial charge in [-0.15, -0.1) is 0 Å². The van der Waals surface area contributed by atoms with Crippen molar-refractivity contribution in [2.75, 3.05) is 31.1 Å². The Kier molecular flexibility index (Phi) is 4.70. The smallest absolute Gasteiger partial charge is 0.319 e. The fourth-order valence-electron chi connectivity index (χ4n) is 2.77. The quantitative estimate of drug-likeness (QED) is 0.806. The first-order valence-corrected chi connectivity index (χ1v) is 7.85. The van der Waals surface area contributed by atoms with E-state index in [1.54, 1.807) is 0 Å². The molecule has 0 bridgehead atoms. The van der Waals surface area contributed by atoms with E-state index in [1.165, 1.54) is 18.5 Å². The molecule has 0 unspecified atom stereocenters. The summed E-state index contributed by atoms with van der Waals surface area (Å²) >= 11 is 0. The number of pyridine rings is 1. The molecule has 2 fully saturated rings. The summed E-state index contributed by atoms with van der Waals surface area (Å²) in [4.78, 5) is 18.1. The van der Waals surface area contributed by atoms with Crippen LogP contribution in [0.4, 0.5) is 5.69 Å². The highest BCUT2D eigenvalue weighted by atomic mass is 16.5. The van der Waals surface area contributed by atoms with Gasteiger partial charge in [0.2, 0.25) is 0 Å². The molecular weight excluding hydrogens is 266 g/mol. The van der Waals surface area contributed by atoms with E-state index in [1.807, 2.05) is 24.5 Å². The van der Waals surface area contributed by atoms with Crippen LogP contribution in [0.5, 0.6) is 0 Å². The molecule has 2 heterocycles. The van der Waals surface area contributed by atoms with Gasteiger partial charge in [-0.2, -0.15) is 0 Å². The van der Waals surface area contributed by atoms with Crippen molar-refractivity contribution in [2.45, 2.75) is 31.7 Å². The molecule has 1 aromatic rings. The first-order chi connectivity index (χ1) is 10.3. The van der Waals surface area contributed by atoms with Crippen LogP contribution in [0.2, 0.25) is 0 Å². The molecule has 1 aliphatic carbocycles. The number of anilines is 1. The topological polar surface area (TPSA) is 54.5 Å². The van der Waals surface area contributed by atoms with Crippen LogP contribution < -0.4 is 10.2 Å². The summed E-state index contributed by atoms with van der Waals surface area (Å²) in [5.74, 6) is 0.305. The van der Waals surface area contributed by atoms with E-state index >= 15 is 0 Å². The van der Waals surface area contributed by atoms with Gasteiger partial charge in [-0.1, -0.05) is 0 Å². The van der Waals surface area contributed by atoms with Crippen molar-refractivity contribution in [3.63, 3.8) is 0 Å². The van der Waals surface area contributed by atoms with Gasteiger partial charge in [-0.25, -0.2) is 0 Å². The van der Waals surface area contributed by atoms with Crippen molar-refractivity contribution in [1.29, 1.82) is 0 Å². The van der Waals surface area contributed by atoms with Crippen LogP contribution in [0.1, 0.15) is 25.7 Å². The number of aromatic nitrogens is 1. The Labute approximate surface area is 125 Å². The van der Waals surface area contributed by atoms with Gasteiger partial charge >= 0.3 is 5.97 Å². The second kappa shape index (κ2) is 6.89. The fraction of sp³-hybridized carbons (Fsp3) is 0.625. The molecule has 114 valence electrons. The SMILES string of the molecule is O=C(CNC1CC1)OC[C@H]1CCCN(c2ccncc2)C1. The minimum Gasteiger partial charge on any atom is -0.464 e. The molecule has 0 amide bonds. The van der Waals surface area contributed by atoms with Gasteiger partial charge in [-0.3, -0.25) is 9.78 Å². The fourth-order valence-corrected chi connectivity index (χ4v) is 2.77. The van der Waals surface area contributed by atoms with Gasteiger partial charge in [0.05, 0.1) is 13.2 Å². The molecule has 0 aromatic carbocycles. The molecule has 1 saturated heterocycles. The molecule has 0 spiro atoms. The number of ether oxygens (including phenoxy) is 1. The van der Waals surface area contributed by atoms with Gasteiger partial charge in [0, 0.05) is 43.1 Å². The third-order valence-electron chi connectivity index (χ3n) is 4.14. The summed E-state index contributed by atoms with van der Waals surface area (Å²) in [6, 6.07) is 4.62. The highest BCUT2D eigenvalue weighted by Crippen LogP contribution is 2.22. The Morgan fingerprint density at radius 3 is 2.90 bits per heavy atom. The van der Waals surface area contributed by atoms with Crippen molar-refractivity contribution in [2.24, 2.45) is 5.92 Å². The second-order valence-corrected chi connectivity index (χ2v) is 6.00. The largest absolute Gasteiger partial charge is 0.464 e. The molecule has 5 heteroatoms. The van der Waals surface area contributed by atoms with E-state index in [2.05, 4.69) is 15.2 Å². The number of nitrogens with zero attached hydrogens (tertiary/aromatic N) is 2. The van der Waals surface area contributed by atoms with Gasteiger partial charge < -0.3 is 15.0 Å². The van der Waals surface area contributed by atoms with Gasteiger partial charge in [-0.05, 0) is 37.8 Å². The monoisotopic (exact) mass is 289 g/mol. The summed E-state index contributed by atoms with van der Waals surface area (Å²) in [6.07, 6.45) is 8.30. The zero-order valence-corrected chi connectivity index (χ0v) is 12.3. The minimum atomic E-state index is -0.122. The zero-order chi connectivity index (χ0) is 14.5. The van der Waals surface area contributed by atoms with E-state index in [9.17, 15) is 4.79 Å². The van der Waals surface area contributed by atoms with Crippen molar-refractivity contribution >= 4 is 11.7 Å². The number of hydrogen-bond acceptors (Lipinski definition) is 5. The van der Waals surface area contributed by atoms with Gasteiger partial charge in [0.25, 0.3) is 0 Å². The lowest BCUT2D eigenvalue weighted by Crippen LogP contribution is -2.38. The van der Waals surface area contributed by atoms with Crippen LogP contribution >= 0.6 is 0 Å². The average Bonchev–Trinajstić information content (AvgIpc) is 3.36. The molecule has 1 saturated carbocycles. The summed E-state index contributed by atoms with van der Waals surface area (Å²) in [5, 5.41) is 3.19. The highest BCUT2D eigenvalue weighted by Gasteiger charge is 2.23. The second-order valence-electron chi connectivity index (χ2n) is 6.00. The Morgan fingerprint density at radius 1 is 1.33 bits per heavy atom. The van der Waals surface area contributed by atoms with Crippen molar-refractivity contribution in [3.8, 4) is 0 Å². The predicted molar refractivity (Wildman–Crippen MR) is 81.2 cm³/mol. The normalized spacial score (nSPS) is 22.1. The number of nitrogens with one attached hydrogen (secondary N) is 1. The summed E-state index contributed by atoms with van der Waals surface area (Å²) in [5.41, 5.74) is 1.21. The summed E-state index contributed by atoms with van der Waals surface area (Å²) < 4.78 is 5.40. The van der Waals surface area contributed by atoms with Crippen molar-refractivity contribution < 1.29 is 9.53 Å². The zero-order valence-electron chi connectivity index (χ0n) is 12.3. The van der Waals surface area contributed by atoms with E-state index < -0.39 is 0 Å². The maximum absolute atomic E-state index is 11.7. The number of rotatable bonds is 6. The standard InChI is InChI=1S/C16H23N3O2/c20-16(10-18-14-3-4-14)21-12-13-2-1-9-19(11-13)15-5-7-17-8-6-15/h5-8,13-14,18H,1-4,9-12H2/t13-/m0/s1. The van der Waals surface area contributed by atoms with E-state index in [0.29, 0.717) is 25.1 Å². The third-order valence-corrected chi connectivity index (χ3v) is 4.14. The number of carbonyl (C=O) groups is 1. The summed E-state index contributed by atoms with van der Waals surface area (Å²) in [6.45, 7) is 2.91. The average molecular weight is 289 g/mol. The van der Waals surface area contributed by atoms with Crippen LogP contribution in [0, 0.1) is 5.92 Å². The number of esters is 1. The van der Waals surface area contributed by atoms with Crippen LogP contribution in [0.25, 0.3) is 0 Å².